The highest BCUT2D eigenvalue weighted by Gasteiger charge is 2.16. The summed E-state index contributed by atoms with van der Waals surface area (Å²) in [7, 11) is 0. The number of benzene rings is 2. The lowest BCUT2D eigenvalue weighted by molar-refractivity contribution is 0.173. The van der Waals surface area contributed by atoms with Gasteiger partial charge in [0.2, 0.25) is 0 Å². The lowest BCUT2D eigenvalue weighted by Gasteiger charge is -2.14. The highest BCUT2D eigenvalue weighted by atomic mass is 79.9. The van der Waals surface area contributed by atoms with E-state index in [4.69, 9.17) is 0 Å². The molecule has 0 aliphatic carbocycles. The summed E-state index contributed by atoms with van der Waals surface area (Å²) in [4.78, 5) is 4.59. The van der Waals surface area contributed by atoms with Crippen molar-refractivity contribution in [3.8, 4) is 0 Å². The molecule has 0 radical (unpaired) electrons. The van der Waals surface area contributed by atoms with Crippen LogP contribution in [0.15, 0.2) is 63.5 Å². The van der Waals surface area contributed by atoms with Crippen LogP contribution in [0.3, 0.4) is 0 Å². The van der Waals surface area contributed by atoms with Crippen LogP contribution in [0.5, 0.6) is 0 Å². The second-order valence-corrected chi connectivity index (χ2v) is 6.57. The first-order chi connectivity index (χ1) is 10.1. The van der Waals surface area contributed by atoms with E-state index in [2.05, 4.69) is 36.8 Å². The Bertz CT molecular complexity index is 789. The number of halogens is 2. The standard InChI is InChI=1S/C17H13Br2NO/c18-13-7-3-1-5-11(13)10-16(21)17-14(19)9-12-6-2-4-8-15(12)20-17/h1-9,16,21H,10H2. The summed E-state index contributed by atoms with van der Waals surface area (Å²) in [5.74, 6) is 0. The molecule has 0 aliphatic heterocycles. The molecule has 1 unspecified atom stereocenters. The maximum absolute atomic E-state index is 10.5. The van der Waals surface area contributed by atoms with Crippen molar-refractivity contribution in [3.63, 3.8) is 0 Å². The largest absolute Gasteiger partial charge is 0.386 e. The van der Waals surface area contributed by atoms with Crippen LogP contribution in [0.25, 0.3) is 10.9 Å². The van der Waals surface area contributed by atoms with E-state index in [-0.39, 0.29) is 0 Å². The Morgan fingerprint density at radius 1 is 0.952 bits per heavy atom. The maximum atomic E-state index is 10.5. The summed E-state index contributed by atoms with van der Waals surface area (Å²) < 4.78 is 1.83. The minimum Gasteiger partial charge on any atom is -0.386 e. The normalized spacial score (nSPS) is 12.5. The van der Waals surface area contributed by atoms with Crippen LogP contribution in [0.1, 0.15) is 17.4 Å². The topological polar surface area (TPSA) is 33.1 Å². The monoisotopic (exact) mass is 405 g/mol. The van der Waals surface area contributed by atoms with Crippen LogP contribution in [0.4, 0.5) is 0 Å². The third-order valence-corrected chi connectivity index (χ3v) is 4.80. The number of hydrogen-bond acceptors (Lipinski definition) is 2. The molecule has 0 saturated carbocycles. The molecule has 1 aromatic heterocycles. The van der Waals surface area contributed by atoms with Crippen LogP contribution in [-0.2, 0) is 6.42 Å². The number of nitrogens with zero attached hydrogens (tertiary/aromatic N) is 1. The molecule has 1 N–H and O–H groups in total. The van der Waals surface area contributed by atoms with E-state index in [0.29, 0.717) is 12.1 Å². The van der Waals surface area contributed by atoms with E-state index in [1.54, 1.807) is 0 Å². The molecule has 1 atom stereocenters. The van der Waals surface area contributed by atoms with E-state index >= 15 is 0 Å². The van der Waals surface area contributed by atoms with E-state index < -0.39 is 6.10 Å². The molecule has 0 fully saturated rings. The fraction of sp³-hybridized carbons (Fsp3) is 0.118. The number of aliphatic hydroxyl groups excluding tert-OH is 1. The third-order valence-electron chi connectivity index (χ3n) is 3.39. The van der Waals surface area contributed by atoms with Gasteiger partial charge in [-0.15, -0.1) is 0 Å². The Labute approximate surface area is 140 Å². The number of pyridine rings is 1. The number of aliphatic hydroxyl groups is 1. The van der Waals surface area contributed by atoms with Crippen molar-refractivity contribution < 1.29 is 5.11 Å². The van der Waals surface area contributed by atoms with Crippen LogP contribution in [0, 0.1) is 0 Å². The van der Waals surface area contributed by atoms with E-state index in [0.717, 1.165) is 25.4 Å². The van der Waals surface area contributed by atoms with Gasteiger partial charge in [0.15, 0.2) is 0 Å². The van der Waals surface area contributed by atoms with Gasteiger partial charge in [-0.05, 0) is 39.7 Å². The maximum Gasteiger partial charge on any atom is 0.101 e. The SMILES string of the molecule is OC(Cc1ccccc1Br)c1nc2ccccc2cc1Br. The second-order valence-electron chi connectivity index (χ2n) is 4.86. The number of hydrogen-bond donors (Lipinski definition) is 1. The van der Waals surface area contributed by atoms with E-state index in [9.17, 15) is 5.11 Å². The molecule has 0 aliphatic rings. The van der Waals surface area contributed by atoms with Crippen molar-refractivity contribution in [1.29, 1.82) is 0 Å². The Hall–Kier alpha value is -1.23. The number of aromatic nitrogens is 1. The Morgan fingerprint density at radius 2 is 1.67 bits per heavy atom. The van der Waals surface area contributed by atoms with Gasteiger partial charge in [-0.25, -0.2) is 4.98 Å². The summed E-state index contributed by atoms with van der Waals surface area (Å²) >= 11 is 7.03. The van der Waals surface area contributed by atoms with Crippen LogP contribution < -0.4 is 0 Å². The molecule has 0 bridgehead atoms. The van der Waals surface area contributed by atoms with Gasteiger partial charge in [-0.1, -0.05) is 52.3 Å². The predicted molar refractivity (Wildman–Crippen MR) is 92.2 cm³/mol. The zero-order valence-electron chi connectivity index (χ0n) is 11.1. The molecule has 1 heterocycles. The van der Waals surface area contributed by atoms with Gasteiger partial charge in [-0.2, -0.15) is 0 Å². The van der Waals surface area contributed by atoms with Crippen molar-refractivity contribution >= 4 is 42.8 Å². The van der Waals surface area contributed by atoms with Gasteiger partial charge in [-0.3, -0.25) is 0 Å². The van der Waals surface area contributed by atoms with Crippen LogP contribution in [-0.4, -0.2) is 10.1 Å². The first-order valence-corrected chi connectivity index (χ1v) is 8.20. The summed E-state index contributed by atoms with van der Waals surface area (Å²) in [6, 6.07) is 17.8. The summed E-state index contributed by atoms with van der Waals surface area (Å²) in [6.07, 6.45) is -0.131. The molecule has 21 heavy (non-hydrogen) atoms. The lowest BCUT2D eigenvalue weighted by atomic mass is 10.0. The zero-order chi connectivity index (χ0) is 14.8. The average Bonchev–Trinajstić information content (AvgIpc) is 2.49. The minimum atomic E-state index is -0.650. The van der Waals surface area contributed by atoms with Crippen LogP contribution >= 0.6 is 31.9 Å². The zero-order valence-corrected chi connectivity index (χ0v) is 14.3. The molecule has 0 spiro atoms. The minimum absolute atomic E-state index is 0.519. The fourth-order valence-corrected chi connectivity index (χ4v) is 3.35. The van der Waals surface area contributed by atoms with Crippen molar-refractivity contribution in [3.05, 3.63) is 74.8 Å². The van der Waals surface area contributed by atoms with Crippen molar-refractivity contribution in [2.24, 2.45) is 0 Å². The first-order valence-electron chi connectivity index (χ1n) is 6.62. The molecule has 2 nitrogen and oxygen atoms in total. The Kier molecular flexibility index (Phi) is 4.38. The first kappa shape index (κ1) is 14.7. The van der Waals surface area contributed by atoms with Crippen molar-refractivity contribution in [1.82, 2.24) is 4.98 Å². The van der Waals surface area contributed by atoms with Crippen molar-refractivity contribution in [2.75, 3.05) is 0 Å². The van der Waals surface area contributed by atoms with Gasteiger partial charge in [0, 0.05) is 20.8 Å². The molecule has 2 aromatic carbocycles. The number of fused-ring (bicyclic) bond motifs is 1. The average molecular weight is 407 g/mol. The molecule has 4 heteroatoms. The van der Waals surface area contributed by atoms with Gasteiger partial charge in [0.1, 0.15) is 6.10 Å². The van der Waals surface area contributed by atoms with E-state index in [1.165, 1.54) is 0 Å². The molecule has 106 valence electrons. The predicted octanol–water partition coefficient (Wildman–Crippen LogP) is 5.04. The van der Waals surface area contributed by atoms with Crippen molar-refractivity contribution in [2.45, 2.75) is 12.5 Å². The van der Waals surface area contributed by atoms with Gasteiger partial charge in [0.25, 0.3) is 0 Å². The van der Waals surface area contributed by atoms with E-state index in [1.807, 2.05) is 54.6 Å². The Balaban J connectivity index is 1.96. The van der Waals surface area contributed by atoms with Crippen LogP contribution in [0.2, 0.25) is 0 Å². The quantitative estimate of drug-likeness (QED) is 0.661. The Morgan fingerprint density at radius 3 is 2.48 bits per heavy atom. The third kappa shape index (κ3) is 3.18. The van der Waals surface area contributed by atoms with Gasteiger partial charge < -0.3 is 5.11 Å². The molecular formula is C17H13Br2NO. The second kappa shape index (κ2) is 6.26. The molecular weight excluding hydrogens is 394 g/mol. The summed E-state index contributed by atoms with van der Waals surface area (Å²) in [5, 5.41) is 11.6. The summed E-state index contributed by atoms with van der Waals surface area (Å²) in [6.45, 7) is 0. The van der Waals surface area contributed by atoms with Gasteiger partial charge in [0.05, 0.1) is 11.2 Å². The molecule has 3 aromatic rings. The lowest BCUT2D eigenvalue weighted by Crippen LogP contribution is -2.06. The molecule has 0 saturated heterocycles. The molecule has 3 rings (SSSR count). The number of rotatable bonds is 3. The highest BCUT2D eigenvalue weighted by Crippen LogP contribution is 2.29. The summed E-state index contributed by atoms with van der Waals surface area (Å²) in [5.41, 5.74) is 2.62. The highest BCUT2D eigenvalue weighted by molar-refractivity contribution is 9.10. The fourth-order valence-electron chi connectivity index (χ4n) is 2.31. The smallest absolute Gasteiger partial charge is 0.101 e. The number of para-hydroxylation sites is 1. The van der Waals surface area contributed by atoms with Gasteiger partial charge >= 0.3 is 0 Å². The molecule has 0 amide bonds.